The fourth-order valence-corrected chi connectivity index (χ4v) is 3.98. The lowest BCUT2D eigenvalue weighted by molar-refractivity contribution is -0.129. The first-order valence-corrected chi connectivity index (χ1v) is 10.6. The molecule has 2 aromatic rings. The summed E-state index contributed by atoms with van der Waals surface area (Å²) in [5, 5.41) is 8.67. The highest BCUT2D eigenvalue weighted by Gasteiger charge is 2.41. The quantitative estimate of drug-likeness (QED) is 0.757. The van der Waals surface area contributed by atoms with Crippen LogP contribution in [0.15, 0.2) is 21.9 Å². The number of furan rings is 1. The van der Waals surface area contributed by atoms with E-state index in [0.29, 0.717) is 11.5 Å². The molecule has 0 unspecified atom stereocenters. The van der Waals surface area contributed by atoms with Crippen LogP contribution in [0.2, 0.25) is 0 Å². The maximum Gasteiger partial charge on any atom is 0.276 e. The molecular weight excluding hydrogens is 376 g/mol. The molecule has 152 valence electrons. The summed E-state index contributed by atoms with van der Waals surface area (Å²) in [6.45, 7) is 7.80. The Hall–Kier alpha value is -2.22. The molecule has 1 atom stereocenters. The molecule has 1 saturated carbocycles. The van der Waals surface area contributed by atoms with E-state index in [9.17, 15) is 9.59 Å². The van der Waals surface area contributed by atoms with Crippen LogP contribution in [-0.4, -0.2) is 37.9 Å². The second-order valence-corrected chi connectivity index (χ2v) is 8.63. The van der Waals surface area contributed by atoms with Gasteiger partial charge in [-0.25, -0.2) is 0 Å². The summed E-state index contributed by atoms with van der Waals surface area (Å²) in [6, 6.07) is 2.74. The first-order valence-electron chi connectivity index (χ1n) is 9.80. The SMILES string of the molecule is CCC(C)(C)NC(=O)[C@H](c1ccc(C)o1)N(C(=O)c1csnn1)C1CCCC1. The van der Waals surface area contributed by atoms with Crippen LogP contribution >= 0.6 is 11.5 Å². The lowest BCUT2D eigenvalue weighted by atomic mass is 10.00. The zero-order chi connectivity index (χ0) is 20.3. The number of carbonyl (C=O) groups is 2. The average Bonchev–Trinajstić information content (AvgIpc) is 3.40. The van der Waals surface area contributed by atoms with Crippen LogP contribution in [0.4, 0.5) is 0 Å². The van der Waals surface area contributed by atoms with E-state index in [1.807, 2.05) is 33.8 Å². The predicted molar refractivity (Wildman–Crippen MR) is 107 cm³/mol. The van der Waals surface area contributed by atoms with Crippen molar-refractivity contribution in [2.45, 2.75) is 77.4 Å². The molecule has 0 radical (unpaired) electrons. The second-order valence-electron chi connectivity index (χ2n) is 8.02. The predicted octanol–water partition coefficient (Wildman–Crippen LogP) is 3.87. The van der Waals surface area contributed by atoms with Crippen LogP contribution in [0.1, 0.15) is 80.9 Å². The molecule has 2 aromatic heterocycles. The lowest BCUT2D eigenvalue weighted by Crippen LogP contribution is -2.52. The normalized spacial score (nSPS) is 16.1. The maximum absolute atomic E-state index is 13.4. The van der Waals surface area contributed by atoms with Crippen molar-refractivity contribution >= 4 is 23.3 Å². The summed E-state index contributed by atoms with van der Waals surface area (Å²) in [5.41, 5.74) is -0.114. The van der Waals surface area contributed by atoms with Gasteiger partial charge in [-0.3, -0.25) is 9.59 Å². The molecule has 0 bridgehead atoms. The van der Waals surface area contributed by atoms with Crippen molar-refractivity contribution < 1.29 is 14.0 Å². The van der Waals surface area contributed by atoms with E-state index in [-0.39, 0.29) is 29.1 Å². The summed E-state index contributed by atoms with van der Waals surface area (Å²) < 4.78 is 9.66. The molecule has 1 fully saturated rings. The van der Waals surface area contributed by atoms with Gasteiger partial charge >= 0.3 is 0 Å². The van der Waals surface area contributed by atoms with Crippen molar-refractivity contribution in [1.82, 2.24) is 19.8 Å². The highest BCUT2D eigenvalue weighted by Crippen LogP contribution is 2.34. The van der Waals surface area contributed by atoms with Crippen molar-refractivity contribution in [2.24, 2.45) is 0 Å². The Kier molecular flexibility index (Phi) is 6.17. The number of aromatic nitrogens is 2. The van der Waals surface area contributed by atoms with Crippen molar-refractivity contribution in [3.05, 3.63) is 34.7 Å². The molecule has 28 heavy (non-hydrogen) atoms. The van der Waals surface area contributed by atoms with Gasteiger partial charge in [0.25, 0.3) is 11.8 Å². The molecule has 2 amide bonds. The fourth-order valence-electron chi connectivity index (χ4n) is 3.55. The van der Waals surface area contributed by atoms with Crippen LogP contribution in [0.25, 0.3) is 0 Å². The molecular formula is C20H28N4O3S. The molecule has 7 nitrogen and oxygen atoms in total. The molecule has 2 heterocycles. The Morgan fingerprint density at radius 2 is 2.07 bits per heavy atom. The smallest absolute Gasteiger partial charge is 0.276 e. The van der Waals surface area contributed by atoms with Gasteiger partial charge in [-0.2, -0.15) is 0 Å². The van der Waals surface area contributed by atoms with Crippen LogP contribution in [0.5, 0.6) is 0 Å². The Bertz CT molecular complexity index is 809. The molecule has 1 aliphatic rings. The van der Waals surface area contributed by atoms with Gasteiger partial charge in [-0.15, -0.1) is 5.10 Å². The van der Waals surface area contributed by atoms with Gasteiger partial charge < -0.3 is 14.6 Å². The van der Waals surface area contributed by atoms with Crippen LogP contribution < -0.4 is 5.32 Å². The van der Waals surface area contributed by atoms with Gasteiger partial charge in [-0.05, 0) is 63.7 Å². The van der Waals surface area contributed by atoms with Gasteiger partial charge in [-0.1, -0.05) is 24.3 Å². The second kappa shape index (κ2) is 8.43. The summed E-state index contributed by atoms with van der Waals surface area (Å²) in [7, 11) is 0. The highest BCUT2D eigenvalue weighted by molar-refractivity contribution is 7.03. The molecule has 1 aliphatic carbocycles. The van der Waals surface area contributed by atoms with Crippen molar-refractivity contribution in [3.8, 4) is 0 Å². The zero-order valence-corrected chi connectivity index (χ0v) is 17.7. The lowest BCUT2D eigenvalue weighted by Gasteiger charge is -2.36. The average molecular weight is 405 g/mol. The van der Waals surface area contributed by atoms with Gasteiger partial charge in [0.05, 0.1) is 0 Å². The Morgan fingerprint density at radius 1 is 1.36 bits per heavy atom. The minimum absolute atomic E-state index is 0.0277. The van der Waals surface area contributed by atoms with E-state index < -0.39 is 6.04 Å². The third-order valence-corrected chi connectivity index (χ3v) is 5.94. The largest absolute Gasteiger partial charge is 0.464 e. The van der Waals surface area contributed by atoms with E-state index >= 15 is 0 Å². The van der Waals surface area contributed by atoms with Crippen LogP contribution in [0, 0.1) is 6.92 Å². The van der Waals surface area contributed by atoms with E-state index in [0.717, 1.165) is 43.6 Å². The van der Waals surface area contributed by atoms with Gasteiger partial charge in [0.1, 0.15) is 11.5 Å². The molecule has 0 spiro atoms. The maximum atomic E-state index is 13.4. The third-order valence-electron chi connectivity index (χ3n) is 5.43. The van der Waals surface area contributed by atoms with Crippen molar-refractivity contribution in [1.29, 1.82) is 0 Å². The number of amides is 2. The molecule has 0 saturated heterocycles. The molecule has 1 N–H and O–H groups in total. The number of hydrogen-bond donors (Lipinski definition) is 1. The third kappa shape index (κ3) is 4.43. The number of carbonyl (C=O) groups excluding carboxylic acids is 2. The number of nitrogens with zero attached hydrogens (tertiary/aromatic N) is 3. The molecule has 3 rings (SSSR count). The van der Waals surface area contributed by atoms with E-state index in [2.05, 4.69) is 14.9 Å². The Labute approximate surface area is 169 Å². The molecule has 8 heteroatoms. The first-order chi connectivity index (χ1) is 13.3. The summed E-state index contributed by atoms with van der Waals surface area (Å²) in [5.74, 6) is 0.677. The van der Waals surface area contributed by atoms with Crippen molar-refractivity contribution in [3.63, 3.8) is 0 Å². The fraction of sp³-hybridized carbons (Fsp3) is 0.600. The topological polar surface area (TPSA) is 88.3 Å². The number of aryl methyl sites for hydroxylation is 1. The van der Waals surface area contributed by atoms with E-state index in [1.54, 1.807) is 16.3 Å². The van der Waals surface area contributed by atoms with E-state index in [4.69, 9.17) is 4.42 Å². The Balaban J connectivity index is 2.02. The highest BCUT2D eigenvalue weighted by atomic mass is 32.1. The number of rotatable bonds is 7. The van der Waals surface area contributed by atoms with E-state index in [1.165, 1.54) is 0 Å². The first kappa shape index (κ1) is 20.5. The van der Waals surface area contributed by atoms with Gasteiger partial charge in [0, 0.05) is 17.0 Å². The molecule has 0 aromatic carbocycles. The van der Waals surface area contributed by atoms with Gasteiger partial charge in [0.2, 0.25) is 0 Å². The molecule has 0 aliphatic heterocycles. The summed E-state index contributed by atoms with van der Waals surface area (Å²) in [6.07, 6.45) is 4.58. The minimum atomic E-state index is -0.836. The number of hydrogen-bond acceptors (Lipinski definition) is 6. The summed E-state index contributed by atoms with van der Waals surface area (Å²) in [4.78, 5) is 28.4. The summed E-state index contributed by atoms with van der Waals surface area (Å²) >= 11 is 1.13. The van der Waals surface area contributed by atoms with Gasteiger partial charge in [0.15, 0.2) is 11.7 Å². The standard InChI is InChI=1S/C20H28N4O3S/c1-5-20(3,4)21-18(25)17(16-11-10-13(2)27-16)24(14-8-6-7-9-14)19(26)15-12-28-23-22-15/h10-12,14,17H,5-9H2,1-4H3,(H,21,25)/t17-/m0/s1. The van der Waals surface area contributed by atoms with Crippen LogP contribution in [0.3, 0.4) is 0 Å². The zero-order valence-electron chi connectivity index (χ0n) is 16.9. The number of nitrogens with one attached hydrogen (secondary N) is 1. The monoisotopic (exact) mass is 404 g/mol. The minimum Gasteiger partial charge on any atom is -0.464 e. The Morgan fingerprint density at radius 3 is 2.61 bits per heavy atom. The van der Waals surface area contributed by atoms with Crippen molar-refractivity contribution in [2.75, 3.05) is 0 Å². The van der Waals surface area contributed by atoms with Crippen LogP contribution in [-0.2, 0) is 4.79 Å².